The quantitative estimate of drug-likeness (QED) is 0.807. The maximum atomic E-state index is 12.0. The first-order chi connectivity index (χ1) is 9.18. The molecule has 7 nitrogen and oxygen atoms in total. The third-order valence-electron chi connectivity index (χ3n) is 2.84. The third-order valence-corrected chi connectivity index (χ3v) is 2.84. The second-order valence-electron chi connectivity index (χ2n) is 4.14. The molecule has 1 unspecified atom stereocenters. The number of rotatable bonds is 3. The summed E-state index contributed by atoms with van der Waals surface area (Å²) in [6, 6.07) is 2.28. The molecule has 2 amide bonds. The molecule has 1 aromatic rings. The maximum absolute atomic E-state index is 12.0. The van der Waals surface area contributed by atoms with Gasteiger partial charge in [0.1, 0.15) is 0 Å². The molecular weight excluding hydrogens is 250 g/mol. The predicted octanol–water partition coefficient (Wildman–Crippen LogP) is 0.0766. The van der Waals surface area contributed by atoms with Crippen molar-refractivity contribution in [2.45, 2.75) is 12.6 Å². The summed E-state index contributed by atoms with van der Waals surface area (Å²) in [5.41, 5.74) is 0.857. The van der Waals surface area contributed by atoms with Gasteiger partial charge in [0.15, 0.2) is 6.04 Å². The fraction of sp³-hybridized carbons (Fsp3) is 0.417. The predicted molar refractivity (Wildman–Crippen MR) is 65.4 cm³/mol. The highest BCUT2D eigenvalue weighted by Gasteiger charge is 2.32. The van der Waals surface area contributed by atoms with Crippen molar-refractivity contribution in [3.8, 4) is 0 Å². The molecule has 0 aliphatic carbocycles. The number of carbonyl (C=O) groups excluding carboxylic acids is 1. The van der Waals surface area contributed by atoms with E-state index in [0.717, 1.165) is 5.56 Å². The van der Waals surface area contributed by atoms with Crippen LogP contribution in [0, 0.1) is 0 Å². The van der Waals surface area contributed by atoms with Gasteiger partial charge in [0.2, 0.25) is 0 Å². The standard InChI is InChI=1S/C12H15N3O4/c16-11(17)10-8-19-5-4-15(10)12(18)14-7-9-2-1-3-13-6-9/h1-3,6,10H,4-5,7-8H2,(H,14,18)(H,16,17). The molecule has 2 N–H and O–H groups in total. The fourth-order valence-electron chi connectivity index (χ4n) is 1.83. The van der Waals surface area contributed by atoms with Crippen LogP contribution in [0.2, 0.25) is 0 Å². The van der Waals surface area contributed by atoms with Crippen molar-refractivity contribution in [2.24, 2.45) is 0 Å². The van der Waals surface area contributed by atoms with Crippen LogP contribution in [0.25, 0.3) is 0 Å². The zero-order chi connectivity index (χ0) is 13.7. The van der Waals surface area contributed by atoms with Crippen molar-refractivity contribution >= 4 is 12.0 Å². The Morgan fingerprint density at radius 3 is 3.11 bits per heavy atom. The summed E-state index contributed by atoms with van der Waals surface area (Å²) < 4.78 is 5.07. The van der Waals surface area contributed by atoms with Crippen molar-refractivity contribution in [2.75, 3.05) is 19.8 Å². The Morgan fingerprint density at radius 1 is 1.58 bits per heavy atom. The topological polar surface area (TPSA) is 91.8 Å². The number of pyridine rings is 1. The number of hydrogen-bond donors (Lipinski definition) is 2. The molecule has 1 aliphatic rings. The van der Waals surface area contributed by atoms with Gasteiger partial charge in [-0.2, -0.15) is 0 Å². The Morgan fingerprint density at radius 2 is 2.42 bits per heavy atom. The molecule has 2 heterocycles. The van der Waals surface area contributed by atoms with Crippen LogP contribution in [0.1, 0.15) is 5.56 Å². The number of aliphatic carboxylic acids is 1. The summed E-state index contributed by atoms with van der Waals surface area (Å²) in [7, 11) is 0. The molecule has 19 heavy (non-hydrogen) atoms. The maximum Gasteiger partial charge on any atom is 0.328 e. The van der Waals surface area contributed by atoms with Gasteiger partial charge in [0, 0.05) is 25.5 Å². The highest BCUT2D eigenvalue weighted by Crippen LogP contribution is 2.08. The summed E-state index contributed by atoms with van der Waals surface area (Å²) in [5, 5.41) is 11.7. The summed E-state index contributed by atoms with van der Waals surface area (Å²) >= 11 is 0. The second kappa shape index (κ2) is 6.14. The number of carboxylic acid groups (broad SMARTS) is 1. The Balaban J connectivity index is 1.93. The van der Waals surface area contributed by atoms with Crippen LogP contribution >= 0.6 is 0 Å². The number of hydrogen-bond acceptors (Lipinski definition) is 4. The summed E-state index contributed by atoms with van der Waals surface area (Å²) in [6.45, 7) is 0.964. The lowest BCUT2D eigenvalue weighted by atomic mass is 10.2. The molecule has 1 saturated heterocycles. The number of nitrogens with zero attached hydrogens (tertiary/aromatic N) is 2. The van der Waals surface area contributed by atoms with E-state index in [-0.39, 0.29) is 13.2 Å². The molecule has 1 aromatic heterocycles. The van der Waals surface area contributed by atoms with Gasteiger partial charge in [-0.1, -0.05) is 6.07 Å². The smallest absolute Gasteiger partial charge is 0.328 e. The van der Waals surface area contributed by atoms with Crippen LogP contribution in [0.3, 0.4) is 0 Å². The van der Waals surface area contributed by atoms with Crippen molar-refractivity contribution in [1.82, 2.24) is 15.2 Å². The van der Waals surface area contributed by atoms with Crippen LogP contribution in [-0.4, -0.2) is 52.8 Å². The lowest BCUT2D eigenvalue weighted by molar-refractivity contribution is -0.147. The summed E-state index contributed by atoms with van der Waals surface area (Å²) in [4.78, 5) is 28.2. The van der Waals surface area contributed by atoms with E-state index < -0.39 is 18.0 Å². The Labute approximate surface area is 110 Å². The first kappa shape index (κ1) is 13.3. The highest BCUT2D eigenvalue weighted by atomic mass is 16.5. The average Bonchev–Trinajstić information content (AvgIpc) is 2.46. The summed E-state index contributed by atoms with van der Waals surface area (Å²) in [6.07, 6.45) is 3.29. The molecule has 1 fully saturated rings. The van der Waals surface area contributed by atoms with E-state index in [1.807, 2.05) is 6.07 Å². The van der Waals surface area contributed by atoms with Crippen molar-refractivity contribution in [3.05, 3.63) is 30.1 Å². The van der Waals surface area contributed by atoms with E-state index in [1.165, 1.54) is 4.90 Å². The number of morpholine rings is 1. The number of ether oxygens (including phenoxy) is 1. The minimum absolute atomic E-state index is 0.0235. The molecule has 2 rings (SSSR count). The first-order valence-electron chi connectivity index (χ1n) is 5.92. The molecular formula is C12H15N3O4. The molecule has 102 valence electrons. The number of urea groups is 1. The minimum atomic E-state index is -1.06. The first-order valence-corrected chi connectivity index (χ1v) is 5.92. The Kier molecular flexibility index (Phi) is 4.30. The molecule has 1 atom stereocenters. The van der Waals surface area contributed by atoms with Crippen molar-refractivity contribution in [3.63, 3.8) is 0 Å². The van der Waals surface area contributed by atoms with Crippen LogP contribution < -0.4 is 5.32 Å². The molecule has 0 bridgehead atoms. The van der Waals surface area contributed by atoms with Crippen LogP contribution in [0.4, 0.5) is 4.79 Å². The van der Waals surface area contributed by atoms with E-state index in [9.17, 15) is 9.59 Å². The van der Waals surface area contributed by atoms with Gasteiger partial charge < -0.3 is 20.1 Å². The van der Waals surface area contributed by atoms with Gasteiger partial charge in [0.05, 0.1) is 13.2 Å². The highest BCUT2D eigenvalue weighted by molar-refractivity contribution is 5.83. The lowest BCUT2D eigenvalue weighted by Gasteiger charge is -2.32. The zero-order valence-electron chi connectivity index (χ0n) is 10.3. The Hall–Kier alpha value is -2.15. The van der Waals surface area contributed by atoms with Gasteiger partial charge >= 0.3 is 12.0 Å². The molecule has 0 radical (unpaired) electrons. The largest absolute Gasteiger partial charge is 0.480 e. The van der Waals surface area contributed by atoms with Gasteiger partial charge in [0.25, 0.3) is 0 Å². The number of amides is 2. The van der Waals surface area contributed by atoms with E-state index in [0.29, 0.717) is 13.2 Å². The second-order valence-corrected chi connectivity index (χ2v) is 4.14. The number of aromatic nitrogens is 1. The zero-order valence-corrected chi connectivity index (χ0v) is 10.3. The molecule has 0 saturated carbocycles. The van der Waals surface area contributed by atoms with E-state index in [2.05, 4.69) is 10.3 Å². The van der Waals surface area contributed by atoms with Crippen molar-refractivity contribution in [1.29, 1.82) is 0 Å². The van der Waals surface area contributed by atoms with Gasteiger partial charge in [-0.25, -0.2) is 9.59 Å². The van der Waals surface area contributed by atoms with Crippen molar-refractivity contribution < 1.29 is 19.4 Å². The lowest BCUT2D eigenvalue weighted by Crippen LogP contribution is -2.55. The van der Waals surface area contributed by atoms with Gasteiger partial charge in [-0.05, 0) is 11.6 Å². The average molecular weight is 265 g/mol. The van der Waals surface area contributed by atoms with Gasteiger partial charge in [-0.3, -0.25) is 4.98 Å². The number of carboxylic acids is 1. The fourth-order valence-corrected chi connectivity index (χ4v) is 1.83. The molecule has 7 heteroatoms. The SMILES string of the molecule is O=C(O)C1COCCN1C(=O)NCc1cccnc1. The number of nitrogens with one attached hydrogen (secondary N) is 1. The Bertz CT molecular complexity index is 452. The number of carbonyl (C=O) groups is 2. The van der Waals surface area contributed by atoms with Crippen LogP contribution in [0.5, 0.6) is 0 Å². The van der Waals surface area contributed by atoms with E-state index >= 15 is 0 Å². The molecule has 0 spiro atoms. The van der Waals surface area contributed by atoms with Gasteiger partial charge in [-0.15, -0.1) is 0 Å². The molecule has 0 aromatic carbocycles. The third kappa shape index (κ3) is 3.41. The normalized spacial score (nSPS) is 18.9. The monoisotopic (exact) mass is 265 g/mol. The minimum Gasteiger partial charge on any atom is -0.480 e. The van der Waals surface area contributed by atoms with Crippen LogP contribution in [-0.2, 0) is 16.1 Å². The molecule has 1 aliphatic heterocycles. The summed E-state index contributed by atoms with van der Waals surface area (Å²) in [5.74, 6) is -1.06. The van der Waals surface area contributed by atoms with Crippen LogP contribution in [0.15, 0.2) is 24.5 Å². The van der Waals surface area contributed by atoms with E-state index in [4.69, 9.17) is 9.84 Å². The van der Waals surface area contributed by atoms with E-state index in [1.54, 1.807) is 18.5 Å².